The summed E-state index contributed by atoms with van der Waals surface area (Å²) in [6, 6.07) is 5.34. The lowest BCUT2D eigenvalue weighted by molar-refractivity contribution is -0.122. The van der Waals surface area contributed by atoms with E-state index in [2.05, 4.69) is 10.6 Å². The van der Waals surface area contributed by atoms with E-state index in [0.717, 1.165) is 44.9 Å². The lowest BCUT2D eigenvalue weighted by atomic mass is 9.84. The lowest BCUT2D eigenvalue weighted by Gasteiger charge is -2.27. The maximum Gasteiger partial charge on any atom is 0.229 e. The van der Waals surface area contributed by atoms with Gasteiger partial charge in [0.05, 0.1) is 18.7 Å². The zero-order valence-electron chi connectivity index (χ0n) is 16.6. The number of anilines is 2. The van der Waals surface area contributed by atoms with Crippen LogP contribution in [0.3, 0.4) is 0 Å². The third-order valence-electron chi connectivity index (χ3n) is 6.98. The van der Waals surface area contributed by atoms with Gasteiger partial charge in [0.15, 0.2) is 0 Å². The number of rotatable bonds is 5. The molecule has 4 atom stereocenters. The highest BCUT2D eigenvalue weighted by Gasteiger charge is 2.49. The van der Waals surface area contributed by atoms with Crippen molar-refractivity contribution < 1.29 is 14.3 Å². The molecule has 6 heteroatoms. The highest BCUT2D eigenvalue weighted by atomic mass is 16.5. The lowest BCUT2D eigenvalue weighted by Crippen LogP contribution is -2.42. The summed E-state index contributed by atoms with van der Waals surface area (Å²) in [4.78, 5) is 25.5. The largest absolute Gasteiger partial charge is 0.495 e. The van der Waals surface area contributed by atoms with Crippen molar-refractivity contribution in [1.82, 2.24) is 0 Å². The van der Waals surface area contributed by atoms with Gasteiger partial charge in [-0.3, -0.25) is 9.59 Å². The van der Waals surface area contributed by atoms with E-state index in [9.17, 15) is 9.59 Å². The second-order valence-electron chi connectivity index (χ2n) is 8.66. The van der Waals surface area contributed by atoms with Crippen molar-refractivity contribution in [2.45, 2.75) is 57.4 Å². The molecule has 0 aliphatic heterocycles. The Kier molecular flexibility index (Phi) is 5.58. The minimum Gasteiger partial charge on any atom is -0.495 e. The highest BCUT2D eigenvalue weighted by Crippen LogP contribution is 2.48. The van der Waals surface area contributed by atoms with E-state index in [1.54, 1.807) is 19.2 Å². The average Bonchev–Trinajstić information content (AvgIpc) is 3.30. The van der Waals surface area contributed by atoms with Crippen LogP contribution in [0.2, 0.25) is 0 Å². The summed E-state index contributed by atoms with van der Waals surface area (Å²) < 4.78 is 5.40. The molecule has 3 saturated carbocycles. The molecule has 0 spiro atoms. The van der Waals surface area contributed by atoms with E-state index in [4.69, 9.17) is 10.5 Å². The van der Waals surface area contributed by atoms with Gasteiger partial charge in [-0.05, 0) is 62.1 Å². The first-order valence-corrected chi connectivity index (χ1v) is 10.6. The molecule has 152 valence electrons. The Morgan fingerprint density at radius 3 is 2.43 bits per heavy atom. The zero-order valence-corrected chi connectivity index (χ0v) is 16.6. The second kappa shape index (κ2) is 8.11. The number of fused-ring (bicyclic) bond motifs is 2. The Morgan fingerprint density at radius 2 is 1.75 bits per heavy atom. The summed E-state index contributed by atoms with van der Waals surface area (Å²) in [6.45, 7) is 0. The number of carbonyl (C=O) groups excluding carboxylic acids is 2. The molecule has 4 rings (SSSR count). The Hall–Kier alpha value is -2.08. The number of benzene rings is 1. The van der Waals surface area contributed by atoms with Crippen molar-refractivity contribution in [3.8, 4) is 5.75 Å². The van der Waals surface area contributed by atoms with Crippen LogP contribution < -0.4 is 21.1 Å². The molecular weight excluding hydrogens is 354 g/mol. The van der Waals surface area contributed by atoms with Crippen LogP contribution in [0.15, 0.2) is 18.2 Å². The third-order valence-corrected chi connectivity index (χ3v) is 6.98. The number of nitrogens with one attached hydrogen (secondary N) is 2. The quantitative estimate of drug-likeness (QED) is 0.723. The Labute approximate surface area is 166 Å². The summed E-state index contributed by atoms with van der Waals surface area (Å²) in [5.41, 5.74) is 7.58. The smallest absolute Gasteiger partial charge is 0.229 e. The highest BCUT2D eigenvalue weighted by molar-refractivity contribution is 5.97. The van der Waals surface area contributed by atoms with Crippen LogP contribution in [0, 0.1) is 23.7 Å². The maximum absolute atomic E-state index is 12.8. The number of nitrogens with two attached hydrogens (primary N) is 1. The number of hydrogen-bond acceptors (Lipinski definition) is 4. The number of hydrogen-bond donors (Lipinski definition) is 3. The van der Waals surface area contributed by atoms with Crippen LogP contribution in [0.4, 0.5) is 11.4 Å². The molecule has 0 saturated heterocycles. The number of methoxy groups -OCH3 is 1. The molecule has 0 aromatic heterocycles. The van der Waals surface area contributed by atoms with Gasteiger partial charge in [0.1, 0.15) is 5.75 Å². The fraction of sp³-hybridized carbons (Fsp3) is 0.636. The van der Waals surface area contributed by atoms with Gasteiger partial charge in [-0.1, -0.05) is 19.3 Å². The molecule has 0 radical (unpaired) electrons. The van der Waals surface area contributed by atoms with Gasteiger partial charge in [-0.2, -0.15) is 0 Å². The predicted molar refractivity (Wildman–Crippen MR) is 109 cm³/mol. The Balaban J connectivity index is 1.45. The molecule has 3 fully saturated rings. The van der Waals surface area contributed by atoms with E-state index < -0.39 is 0 Å². The van der Waals surface area contributed by atoms with Gasteiger partial charge in [0.25, 0.3) is 0 Å². The number of carbonyl (C=O) groups is 2. The zero-order chi connectivity index (χ0) is 19.7. The number of amides is 2. The van der Waals surface area contributed by atoms with Crippen molar-refractivity contribution >= 4 is 23.2 Å². The number of ether oxygens (including phenoxy) is 1. The molecule has 2 bridgehead atoms. The van der Waals surface area contributed by atoms with Crippen molar-refractivity contribution in [2.24, 2.45) is 29.4 Å². The molecule has 4 N–H and O–H groups in total. The summed E-state index contributed by atoms with van der Waals surface area (Å²) in [6.07, 6.45) is 8.62. The van der Waals surface area contributed by atoms with Gasteiger partial charge in [0.2, 0.25) is 11.8 Å². The van der Waals surface area contributed by atoms with E-state index in [0.29, 0.717) is 29.0 Å². The molecule has 3 aliphatic rings. The molecule has 6 nitrogen and oxygen atoms in total. The fourth-order valence-electron chi connectivity index (χ4n) is 5.43. The Morgan fingerprint density at radius 1 is 1.00 bits per heavy atom. The summed E-state index contributed by atoms with van der Waals surface area (Å²) in [5.74, 6) is 1.47. The summed E-state index contributed by atoms with van der Waals surface area (Å²) in [5, 5.41) is 6.03. The first-order valence-electron chi connectivity index (χ1n) is 10.6. The molecule has 28 heavy (non-hydrogen) atoms. The molecule has 3 aliphatic carbocycles. The van der Waals surface area contributed by atoms with Crippen molar-refractivity contribution in [3.63, 3.8) is 0 Å². The summed E-state index contributed by atoms with van der Waals surface area (Å²) in [7, 11) is 1.58. The third kappa shape index (κ3) is 3.75. The van der Waals surface area contributed by atoms with E-state index in [1.807, 2.05) is 6.07 Å². The molecule has 2 amide bonds. The standard InChI is InChI=1S/C22H31N3O3/c1-28-18-10-9-16(12-17(18)25-21(26)13-5-3-2-4-6-13)24-22(27)19-14-7-8-15(11-14)20(19)23/h9-10,12-15,19-20H,2-8,11,23H2,1H3,(H,24,27)(H,25,26). The molecular formula is C22H31N3O3. The second-order valence-corrected chi connectivity index (χ2v) is 8.66. The predicted octanol–water partition coefficient (Wildman–Crippen LogP) is 3.53. The first kappa shape index (κ1) is 19.2. The van der Waals surface area contributed by atoms with Crippen LogP contribution in [0.5, 0.6) is 5.75 Å². The molecule has 1 aromatic carbocycles. The van der Waals surface area contributed by atoms with Crippen LogP contribution in [0.1, 0.15) is 51.4 Å². The van der Waals surface area contributed by atoms with Crippen LogP contribution in [-0.4, -0.2) is 25.0 Å². The van der Waals surface area contributed by atoms with Crippen LogP contribution in [0.25, 0.3) is 0 Å². The van der Waals surface area contributed by atoms with E-state index in [1.165, 1.54) is 6.42 Å². The molecule has 1 aromatic rings. The fourth-order valence-corrected chi connectivity index (χ4v) is 5.43. The Bertz CT molecular complexity index is 743. The van der Waals surface area contributed by atoms with Gasteiger partial charge in [-0.15, -0.1) is 0 Å². The van der Waals surface area contributed by atoms with Crippen LogP contribution in [-0.2, 0) is 9.59 Å². The van der Waals surface area contributed by atoms with Gasteiger partial charge < -0.3 is 21.1 Å². The van der Waals surface area contributed by atoms with Crippen molar-refractivity contribution in [3.05, 3.63) is 18.2 Å². The van der Waals surface area contributed by atoms with E-state index in [-0.39, 0.29) is 29.7 Å². The van der Waals surface area contributed by atoms with Crippen molar-refractivity contribution in [1.29, 1.82) is 0 Å². The minimum absolute atomic E-state index is 0.00516. The SMILES string of the molecule is COc1ccc(NC(=O)C2C3CCC(C3)C2N)cc1NC(=O)C1CCCCC1. The maximum atomic E-state index is 12.8. The van der Waals surface area contributed by atoms with Gasteiger partial charge in [0, 0.05) is 17.6 Å². The average molecular weight is 386 g/mol. The topological polar surface area (TPSA) is 93.4 Å². The van der Waals surface area contributed by atoms with Crippen LogP contribution >= 0.6 is 0 Å². The molecule has 4 unspecified atom stereocenters. The minimum atomic E-state index is -0.110. The normalized spacial score (nSPS) is 29.5. The monoisotopic (exact) mass is 385 g/mol. The summed E-state index contributed by atoms with van der Waals surface area (Å²) >= 11 is 0. The van der Waals surface area contributed by atoms with E-state index >= 15 is 0 Å². The molecule has 0 heterocycles. The van der Waals surface area contributed by atoms with Crippen molar-refractivity contribution in [2.75, 3.05) is 17.7 Å². The van der Waals surface area contributed by atoms with Gasteiger partial charge >= 0.3 is 0 Å². The first-order chi connectivity index (χ1) is 13.6. The van der Waals surface area contributed by atoms with Gasteiger partial charge in [-0.25, -0.2) is 0 Å².